The van der Waals surface area contributed by atoms with Crippen molar-refractivity contribution >= 4 is 33.5 Å². The van der Waals surface area contributed by atoms with Gasteiger partial charge in [0.15, 0.2) is 0 Å². The standard InChI is InChI=1S/C25H19GeO2/c27-25(20-10-4-1-5-11-20)28-24-18-16-23(17-19-24)26(21-12-6-2-7-13-21)22-14-8-3-9-15-22/h1-19H. The van der Waals surface area contributed by atoms with Gasteiger partial charge in [-0.3, -0.25) is 0 Å². The first-order chi connectivity index (χ1) is 13.8. The third-order valence-corrected chi connectivity index (χ3v) is 10.2. The van der Waals surface area contributed by atoms with Crippen LogP contribution >= 0.6 is 0 Å². The molecule has 0 spiro atoms. The van der Waals surface area contributed by atoms with Crippen LogP contribution in [-0.4, -0.2) is 20.3 Å². The summed E-state index contributed by atoms with van der Waals surface area (Å²) in [6.45, 7) is 0. The van der Waals surface area contributed by atoms with Gasteiger partial charge in [0.25, 0.3) is 0 Å². The summed E-state index contributed by atoms with van der Waals surface area (Å²) in [7, 11) is 0. The summed E-state index contributed by atoms with van der Waals surface area (Å²) < 4.78 is 9.63. The molecule has 1 radical (unpaired) electrons. The van der Waals surface area contributed by atoms with Crippen LogP contribution in [0.5, 0.6) is 5.75 Å². The molecule has 4 aromatic carbocycles. The van der Waals surface area contributed by atoms with E-state index in [-0.39, 0.29) is 5.97 Å². The van der Waals surface area contributed by atoms with Crippen molar-refractivity contribution in [3.05, 3.63) is 121 Å². The van der Waals surface area contributed by atoms with E-state index >= 15 is 0 Å². The fourth-order valence-electron chi connectivity index (χ4n) is 3.14. The molecule has 0 aromatic heterocycles. The predicted octanol–water partition coefficient (Wildman–Crippen LogP) is 3.42. The fourth-order valence-corrected chi connectivity index (χ4v) is 8.49. The average Bonchev–Trinajstić information content (AvgIpc) is 2.77. The van der Waals surface area contributed by atoms with Gasteiger partial charge in [-0.05, 0) is 0 Å². The van der Waals surface area contributed by atoms with E-state index in [9.17, 15) is 4.79 Å². The molecule has 0 N–H and O–H groups in total. The van der Waals surface area contributed by atoms with Crippen molar-refractivity contribution in [3.8, 4) is 5.75 Å². The molecule has 0 amide bonds. The van der Waals surface area contributed by atoms with Gasteiger partial charge in [-0.2, -0.15) is 0 Å². The van der Waals surface area contributed by atoms with Crippen LogP contribution in [0.25, 0.3) is 0 Å². The van der Waals surface area contributed by atoms with E-state index in [1.54, 1.807) is 12.1 Å². The molecule has 0 unspecified atom stereocenters. The van der Waals surface area contributed by atoms with Crippen molar-refractivity contribution in [2.45, 2.75) is 0 Å². The Bertz CT molecular complexity index is 991. The zero-order valence-corrected chi connectivity index (χ0v) is 17.4. The van der Waals surface area contributed by atoms with Gasteiger partial charge in [-0.15, -0.1) is 0 Å². The molecule has 2 nitrogen and oxygen atoms in total. The van der Waals surface area contributed by atoms with E-state index in [2.05, 4.69) is 72.8 Å². The molecule has 4 aromatic rings. The minimum atomic E-state index is -1.90. The third-order valence-electron chi connectivity index (χ3n) is 4.49. The molecule has 28 heavy (non-hydrogen) atoms. The maximum atomic E-state index is 12.3. The van der Waals surface area contributed by atoms with Crippen LogP contribution in [0.4, 0.5) is 0 Å². The fraction of sp³-hybridized carbons (Fsp3) is 0. The van der Waals surface area contributed by atoms with Crippen LogP contribution in [0.2, 0.25) is 0 Å². The van der Waals surface area contributed by atoms with Gasteiger partial charge in [0.2, 0.25) is 0 Å². The van der Waals surface area contributed by atoms with Crippen molar-refractivity contribution < 1.29 is 9.53 Å². The topological polar surface area (TPSA) is 26.3 Å². The number of esters is 1. The van der Waals surface area contributed by atoms with Gasteiger partial charge < -0.3 is 0 Å². The number of ether oxygens (including phenoxy) is 1. The number of carbonyl (C=O) groups is 1. The van der Waals surface area contributed by atoms with Crippen LogP contribution in [0.3, 0.4) is 0 Å². The van der Waals surface area contributed by atoms with Crippen molar-refractivity contribution in [3.63, 3.8) is 0 Å². The van der Waals surface area contributed by atoms with Gasteiger partial charge in [0.1, 0.15) is 0 Å². The number of carbonyl (C=O) groups excluding carboxylic acids is 1. The second-order valence-electron chi connectivity index (χ2n) is 6.39. The summed E-state index contributed by atoms with van der Waals surface area (Å²) in [6.07, 6.45) is 0. The van der Waals surface area contributed by atoms with E-state index in [0.29, 0.717) is 11.3 Å². The molecule has 0 saturated carbocycles. The molecule has 0 aliphatic rings. The van der Waals surface area contributed by atoms with Crippen molar-refractivity contribution in [2.24, 2.45) is 0 Å². The van der Waals surface area contributed by atoms with Crippen LogP contribution in [0.15, 0.2) is 115 Å². The normalized spacial score (nSPS) is 10.6. The number of benzene rings is 4. The Hall–Kier alpha value is -3.11. The summed E-state index contributed by atoms with van der Waals surface area (Å²) in [6, 6.07) is 38.4. The van der Waals surface area contributed by atoms with Crippen LogP contribution in [0.1, 0.15) is 10.4 Å². The molecule has 0 aliphatic heterocycles. The molecular formula is C25H19GeO2. The zero-order chi connectivity index (χ0) is 19.2. The number of hydrogen-bond donors (Lipinski definition) is 0. The number of hydrogen-bond acceptors (Lipinski definition) is 2. The zero-order valence-electron chi connectivity index (χ0n) is 15.3. The molecule has 0 fully saturated rings. The Balaban J connectivity index is 1.61. The molecule has 0 heterocycles. The van der Waals surface area contributed by atoms with E-state index < -0.39 is 14.3 Å². The Morgan fingerprint density at radius 3 is 1.46 bits per heavy atom. The maximum absolute atomic E-state index is 12.3. The molecule has 0 aliphatic carbocycles. The number of rotatable bonds is 5. The summed E-state index contributed by atoms with van der Waals surface area (Å²) in [4.78, 5) is 12.3. The van der Waals surface area contributed by atoms with Gasteiger partial charge in [-0.25, -0.2) is 0 Å². The summed E-state index contributed by atoms with van der Waals surface area (Å²) in [5.41, 5.74) is 0.550. The first-order valence-corrected chi connectivity index (χ1v) is 12.3. The third kappa shape index (κ3) is 4.24. The predicted molar refractivity (Wildman–Crippen MR) is 115 cm³/mol. The van der Waals surface area contributed by atoms with Crippen LogP contribution < -0.4 is 17.9 Å². The Labute approximate surface area is 169 Å². The molecule has 0 atom stereocenters. The van der Waals surface area contributed by atoms with Crippen LogP contribution in [-0.2, 0) is 0 Å². The first-order valence-electron chi connectivity index (χ1n) is 9.17. The monoisotopic (exact) mass is 425 g/mol. The van der Waals surface area contributed by atoms with E-state index in [1.165, 1.54) is 13.2 Å². The van der Waals surface area contributed by atoms with Crippen molar-refractivity contribution in [1.82, 2.24) is 0 Å². The Morgan fingerprint density at radius 2 is 0.964 bits per heavy atom. The summed E-state index contributed by atoms with van der Waals surface area (Å²) >= 11 is -1.90. The van der Waals surface area contributed by atoms with Gasteiger partial charge in [0.05, 0.1) is 0 Å². The summed E-state index contributed by atoms with van der Waals surface area (Å²) in [5, 5.41) is 0. The van der Waals surface area contributed by atoms with Gasteiger partial charge in [-0.1, -0.05) is 0 Å². The Morgan fingerprint density at radius 1 is 0.536 bits per heavy atom. The average molecular weight is 424 g/mol. The summed E-state index contributed by atoms with van der Waals surface area (Å²) in [5.74, 6) is 0.229. The van der Waals surface area contributed by atoms with Gasteiger partial charge >= 0.3 is 170 Å². The molecule has 3 heteroatoms. The minimum absolute atomic E-state index is 0.337. The van der Waals surface area contributed by atoms with Crippen molar-refractivity contribution in [1.29, 1.82) is 0 Å². The molecule has 0 saturated heterocycles. The van der Waals surface area contributed by atoms with Gasteiger partial charge in [0, 0.05) is 0 Å². The first kappa shape index (κ1) is 18.3. The van der Waals surface area contributed by atoms with Crippen molar-refractivity contribution in [2.75, 3.05) is 0 Å². The Kier molecular flexibility index (Phi) is 5.69. The van der Waals surface area contributed by atoms with E-state index in [1.807, 2.05) is 30.3 Å². The molecular weight excluding hydrogens is 405 g/mol. The quantitative estimate of drug-likeness (QED) is 0.279. The second-order valence-corrected chi connectivity index (χ2v) is 11.6. The van der Waals surface area contributed by atoms with E-state index in [4.69, 9.17) is 4.74 Å². The second kappa shape index (κ2) is 8.72. The molecule has 4 rings (SSSR count). The molecule has 135 valence electrons. The van der Waals surface area contributed by atoms with Crippen LogP contribution in [0, 0.1) is 0 Å². The SMILES string of the molecule is O=C(Oc1cc[c]([Ge]([c]2ccccc2)[c]2ccccc2)cc1)c1ccccc1. The molecule has 0 bridgehead atoms. The van der Waals surface area contributed by atoms with E-state index in [0.717, 1.165) is 0 Å².